The number of amidine groups is 1. The molecule has 4 nitrogen and oxygen atoms in total. The minimum atomic E-state index is -1.43. The lowest BCUT2D eigenvalue weighted by Gasteiger charge is -2.54. The predicted molar refractivity (Wildman–Crippen MR) is 135 cm³/mol. The number of thioether (sulfide) groups is 1. The third kappa shape index (κ3) is 5.84. The van der Waals surface area contributed by atoms with Crippen molar-refractivity contribution in [3.63, 3.8) is 0 Å². The summed E-state index contributed by atoms with van der Waals surface area (Å²) < 4.78 is 42.3. The zero-order chi connectivity index (χ0) is 23.6. The largest absolute Gasteiger partial charge is 0.597 e. The van der Waals surface area contributed by atoms with Crippen LogP contribution in [0.1, 0.15) is 36.8 Å². The first-order valence-corrected chi connectivity index (χ1v) is 14.0. The molecule has 0 aromatic heterocycles. The first-order valence-electron chi connectivity index (χ1n) is 11.6. The molecule has 2 saturated heterocycles. The summed E-state index contributed by atoms with van der Waals surface area (Å²) in [6.45, 7) is 9.50. The van der Waals surface area contributed by atoms with Gasteiger partial charge < -0.3 is 9.45 Å². The van der Waals surface area contributed by atoms with E-state index in [0.29, 0.717) is 19.5 Å². The zero-order valence-corrected chi connectivity index (χ0v) is 21.1. The van der Waals surface area contributed by atoms with Crippen LogP contribution in [-0.4, -0.2) is 62.8 Å². The monoisotopic (exact) mass is 493 g/mol. The van der Waals surface area contributed by atoms with Gasteiger partial charge in [-0.3, -0.25) is 0 Å². The molecule has 3 unspecified atom stereocenters. The molecule has 3 atom stereocenters. The number of piperidine rings is 1. The molecule has 3 aliphatic rings. The Morgan fingerprint density at radius 2 is 1.91 bits per heavy atom. The van der Waals surface area contributed by atoms with Crippen molar-refractivity contribution in [2.45, 2.75) is 50.4 Å². The van der Waals surface area contributed by atoms with Crippen LogP contribution in [0.5, 0.6) is 0 Å². The van der Waals surface area contributed by atoms with Crippen molar-refractivity contribution in [1.82, 2.24) is 9.21 Å². The molecule has 0 bridgehead atoms. The van der Waals surface area contributed by atoms with Crippen LogP contribution in [0.3, 0.4) is 0 Å². The Morgan fingerprint density at radius 1 is 1.24 bits per heavy atom. The molecule has 2 heterocycles. The van der Waals surface area contributed by atoms with Crippen molar-refractivity contribution in [2.75, 3.05) is 32.4 Å². The van der Waals surface area contributed by atoms with Gasteiger partial charge in [-0.15, -0.1) is 4.31 Å². The van der Waals surface area contributed by atoms with Gasteiger partial charge in [-0.05, 0) is 44.1 Å². The topological polar surface area (TPSA) is 41.9 Å². The highest BCUT2D eigenvalue weighted by Crippen LogP contribution is 2.43. The van der Waals surface area contributed by atoms with Gasteiger partial charge in [0.15, 0.2) is 16.2 Å². The van der Waals surface area contributed by atoms with E-state index in [1.807, 2.05) is 10.6 Å². The lowest BCUT2D eigenvalue weighted by molar-refractivity contribution is 0.0127. The number of hydrogen-bond donors (Lipinski definition) is 0. The van der Waals surface area contributed by atoms with Gasteiger partial charge >= 0.3 is 0 Å². The lowest BCUT2D eigenvalue weighted by atomic mass is 9.73. The lowest BCUT2D eigenvalue weighted by Crippen LogP contribution is -2.62. The highest BCUT2D eigenvalue weighted by Gasteiger charge is 2.48. The summed E-state index contributed by atoms with van der Waals surface area (Å²) >= 11 is 0.218. The molecular weight excluding hydrogens is 460 g/mol. The number of hydrogen-bond acceptors (Lipinski definition) is 4. The molecule has 1 spiro atoms. The van der Waals surface area contributed by atoms with E-state index in [0.717, 1.165) is 49.3 Å². The maximum Gasteiger partial charge on any atom is 0.186 e. The SMILES string of the molecule is C=C(Cc1ccc(C)cc1)/N=C(\SC)N1CC2(CCN([S+]([O-])C3CCC(F)C=C3F)CC2)C1. The van der Waals surface area contributed by atoms with Crippen molar-refractivity contribution in [3.8, 4) is 0 Å². The Balaban J connectivity index is 1.28. The van der Waals surface area contributed by atoms with Crippen LogP contribution in [-0.2, 0) is 17.8 Å². The zero-order valence-electron chi connectivity index (χ0n) is 19.4. The fourth-order valence-electron chi connectivity index (χ4n) is 4.91. The molecule has 0 N–H and O–H groups in total. The molecule has 4 rings (SSSR count). The van der Waals surface area contributed by atoms with Gasteiger partial charge in [0.05, 0.1) is 11.4 Å². The molecule has 0 saturated carbocycles. The van der Waals surface area contributed by atoms with Crippen LogP contribution in [0, 0.1) is 12.3 Å². The summed E-state index contributed by atoms with van der Waals surface area (Å²) in [5, 5.41) is 0.317. The molecule has 2 fully saturated rings. The van der Waals surface area contributed by atoms with Crippen molar-refractivity contribution < 1.29 is 13.3 Å². The van der Waals surface area contributed by atoms with Crippen molar-refractivity contribution in [3.05, 3.63) is 59.6 Å². The first kappa shape index (κ1) is 24.8. The molecular formula is C25H33F2N3OS2. The maximum atomic E-state index is 14.1. The Hall–Kier alpha value is -1.35. The van der Waals surface area contributed by atoms with E-state index >= 15 is 0 Å². The summed E-state index contributed by atoms with van der Waals surface area (Å²) in [6, 6.07) is 8.46. The van der Waals surface area contributed by atoms with Gasteiger partial charge in [-0.2, -0.15) is 0 Å². The van der Waals surface area contributed by atoms with E-state index in [1.54, 1.807) is 11.8 Å². The van der Waals surface area contributed by atoms with Crippen molar-refractivity contribution in [1.29, 1.82) is 0 Å². The quantitative estimate of drug-likeness (QED) is 0.322. The highest BCUT2D eigenvalue weighted by molar-refractivity contribution is 8.13. The second-order valence-electron chi connectivity index (χ2n) is 9.52. The Kier molecular flexibility index (Phi) is 7.88. The highest BCUT2D eigenvalue weighted by atomic mass is 32.2. The molecule has 8 heteroatoms. The predicted octanol–water partition coefficient (Wildman–Crippen LogP) is 5.19. The number of likely N-dealkylation sites (tertiary alicyclic amines) is 1. The minimum Gasteiger partial charge on any atom is -0.597 e. The van der Waals surface area contributed by atoms with Crippen molar-refractivity contribution >= 4 is 28.3 Å². The van der Waals surface area contributed by atoms with E-state index < -0.39 is 28.6 Å². The van der Waals surface area contributed by atoms with Gasteiger partial charge in [-0.25, -0.2) is 13.8 Å². The van der Waals surface area contributed by atoms with Crippen LogP contribution in [0.15, 0.2) is 53.4 Å². The van der Waals surface area contributed by atoms with Gasteiger partial charge in [0.2, 0.25) is 0 Å². The fourth-order valence-corrected chi connectivity index (χ4v) is 7.03. The van der Waals surface area contributed by atoms with Gasteiger partial charge in [0.25, 0.3) is 0 Å². The normalized spacial score (nSPS) is 26.6. The maximum absolute atomic E-state index is 14.1. The third-order valence-electron chi connectivity index (χ3n) is 6.92. The smallest absolute Gasteiger partial charge is 0.186 e. The van der Waals surface area contributed by atoms with E-state index in [1.165, 1.54) is 11.1 Å². The Labute approximate surface area is 203 Å². The minimum absolute atomic E-state index is 0.209. The van der Waals surface area contributed by atoms with Crippen LogP contribution < -0.4 is 0 Å². The number of aryl methyl sites for hydroxylation is 1. The summed E-state index contributed by atoms with van der Waals surface area (Å²) in [5.41, 5.74) is 3.52. The van der Waals surface area contributed by atoms with Gasteiger partial charge in [0.1, 0.15) is 6.17 Å². The second-order valence-corrected chi connectivity index (χ2v) is 11.9. The standard InChI is InChI=1S/C25H33F2N3OS2/c1-18-4-6-20(7-5-18)14-19(2)28-24(32-3)29-16-25(17-29)10-12-30(13-11-25)33(31)23-9-8-21(26)15-22(23)27/h4-7,15,21,23H,2,8-14,16-17H2,1,3H3/b28-24-. The van der Waals surface area contributed by atoms with Gasteiger partial charge in [-0.1, -0.05) is 48.2 Å². The van der Waals surface area contributed by atoms with E-state index in [4.69, 9.17) is 4.99 Å². The number of alkyl halides is 1. The summed E-state index contributed by atoms with van der Waals surface area (Å²) in [6.07, 6.45) is 4.97. The molecule has 2 aliphatic heterocycles. The number of nitrogens with zero attached hydrogens (tertiary/aromatic N) is 3. The molecule has 0 amide bonds. The molecule has 1 aromatic carbocycles. The van der Waals surface area contributed by atoms with Crippen LogP contribution in [0.2, 0.25) is 0 Å². The summed E-state index contributed by atoms with van der Waals surface area (Å²) in [5.74, 6) is -0.547. The summed E-state index contributed by atoms with van der Waals surface area (Å²) in [7, 11) is 0. The fraction of sp³-hybridized carbons (Fsp3) is 0.560. The number of benzene rings is 1. The number of allylic oxidation sites excluding steroid dienone is 2. The first-order chi connectivity index (χ1) is 15.8. The van der Waals surface area contributed by atoms with E-state index in [2.05, 4.69) is 42.7 Å². The number of aliphatic imine (C=N–C) groups is 1. The molecule has 180 valence electrons. The number of halogens is 2. The van der Waals surface area contributed by atoms with Crippen LogP contribution in [0.25, 0.3) is 0 Å². The van der Waals surface area contributed by atoms with E-state index in [-0.39, 0.29) is 11.8 Å². The Bertz CT molecular complexity index is 905. The number of rotatable bonds is 5. The third-order valence-corrected chi connectivity index (χ3v) is 9.46. The van der Waals surface area contributed by atoms with Crippen molar-refractivity contribution in [2.24, 2.45) is 10.4 Å². The molecule has 33 heavy (non-hydrogen) atoms. The second kappa shape index (κ2) is 10.5. The Morgan fingerprint density at radius 3 is 2.52 bits per heavy atom. The average molecular weight is 494 g/mol. The van der Waals surface area contributed by atoms with Gasteiger partial charge in [0, 0.05) is 50.1 Å². The van der Waals surface area contributed by atoms with E-state index in [9.17, 15) is 13.3 Å². The molecule has 1 aliphatic carbocycles. The molecule has 0 radical (unpaired) electrons. The summed E-state index contributed by atoms with van der Waals surface area (Å²) in [4.78, 5) is 7.11. The molecule has 1 aromatic rings. The average Bonchev–Trinajstić information content (AvgIpc) is 2.77. The van der Waals surface area contributed by atoms with Crippen LogP contribution >= 0.6 is 11.8 Å². The van der Waals surface area contributed by atoms with Crippen LogP contribution in [0.4, 0.5) is 8.78 Å².